The van der Waals surface area contributed by atoms with Crippen molar-refractivity contribution in [2.45, 2.75) is 51.6 Å². The molecular weight excluding hydrogens is 236 g/mol. The molecule has 0 saturated carbocycles. The highest BCUT2D eigenvalue weighted by Crippen LogP contribution is 2.42. The van der Waals surface area contributed by atoms with Gasteiger partial charge in [-0.05, 0) is 43.7 Å². The largest absolute Gasteiger partial charge is 0.451 e. The van der Waals surface area contributed by atoms with Crippen molar-refractivity contribution in [3.63, 3.8) is 0 Å². The van der Waals surface area contributed by atoms with E-state index >= 15 is 0 Å². The van der Waals surface area contributed by atoms with Gasteiger partial charge in [-0.2, -0.15) is 0 Å². The predicted molar refractivity (Wildman–Crippen MR) is 76.9 cm³/mol. The van der Waals surface area contributed by atoms with Crippen molar-refractivity contribution in [2.75, 3.05) is 0 Å². The molecular formula is C17H22O2. The van der Waals surface area contributed by atoms with Crippen LogP contribution < -0.4 is 0 Å². The van der Waals surface area contributed by atoms with Gasteiger partial charge in [-0.1, -0.05) is 44.2 Å². The first-order valence-corrected chi connectivity index (χ1v) is 7.06. The summed E-state index contributed by atoms with van der Waals surface area (Å²) < 4.78 is 5.87. The van der Waals surface area contributed by atoms with Crippen LogP contribution in [0.2, 0.25) is 0 Å². The molecule has 0 aromatic heterocycles. The summed E-state index contributed by atoms with van der Waals surface area (Å²) in [6.07, 6.45) is 4.93. The average molecular weight is 258 g/mol. The molecule has 0 amide bonds. The van der Waals surface area contributed by atoms with Crippen LogP contribution >= 0.6 is 0 Å². The fourth-order valence-corrected chi connectivity index (χ4v) is 2.97. The molecule has 0 radical (unpaired) electrons. The molecule has 2 heteroatoms. The molecule has 0 bridgehead atoms. The zero-order valence-corrected chi connectivity index (χ0v) is 11.9. The second kappa shape index (κ2) is 5.60. The molecule has 1 aliphatic carbocycles. The maximum absolute atomic E-state index is 12.0. The van der Waals surface area contributed by atoms with E-state index in [4.69, 9.17) is 4.74 Å². The quantitative estimate of drug-likeness (QED) is 0.599. The number of benzene rings is 1. The molecule has 0 fully saturated rings. The Kier molecular flexibility index (Phi) is 4.08. The zero-order valence-electron chi connectivity index (χ0n) is 11.9. The minimum atomic E-state index is -0.445. The Labute approximate surface area is 115 Å². The standard InChI is InChI=1S/C17H22O2/c1-4-11-17(19-16(18)13(2)3)12-7-9-14-8-5-6-10-15(14)17/h5-6,8,10H,2,4,7,9,11-12H2,1,3H3. The highest BCUT2D eigenvalue weighted by molar-refractivity contribution is 5.87. The number of ether oxygens (including phenoxy) is 1. The Hall–Kier alpha value is -1.57. The molecule has 0 heterocycles. The van der Waals surface area contributed by atoms with E-state index < -0.39 is 5.60 Å². The van der Waals surface area contributed by atoms with Gasteiger partial charge in [-0.3, -0.25) is 0 Å². The molecule has 19 heavy (non-hydrogen) atoms. The second-order valence-corrected chi connectivity index (χ2v) is 5.42. The number of aryl methyl sites for hydroxylation is 1. The van der Waals surface area contributed by atoms with Gasteiger partial charge in [-0.15, -0.1) is 0 Å². The molecule has 2 rings (SSSR count). The van der Waals surface area contributed by atoms with Crippen molar-refractivity contribution in [3.05, 3.63) is 47.5 Å². The van der Waals surface area contributed by atoms with E-state index in [1.165, 1.54) is 11.1 Å². The number of carbonyl (C=O) groups excluding carboxylic acids is 1. The van der Waals surface area contributed by atoms with Crippen LogP contribution in [-0.4, -0.2) is 5.97 Å². The van der Waals surface area contributed by atoms with E-state index in [2.05, 4.69) is 31.7 Å². The third kappa shape index (κ3) is 2.73. The number of hydrogen-bond acceptors (Lipinski definition) is 2. The van der Waals surface area contributed by atoms with E-state index in [0.29, 0.717) is 5.57 Å². The number of fused-ring (bicyclic) bond motifs is 1. The molecule has 0 spiro atoms. The molecule has 0 saturated heterocycles. The third-order valence-corrected chi connectivity index (χ3v) is 3.83. The minimum Gasteiger partial charge on any atom is -0.451 e. The molecule has 102 valence electrons. The lowest BCUT2D eigenvalue weighted by molar-refractivity contribution is -0.159. The molecule has 0 N–H and O–H groups in total. The first-order valence-electron chi connectivity index (χ1n) is 7.06. The molecule has 2 nitrogen and oxygen atoms in total. The van der Waals surface area contributed by atoms with E-state index in [-0.39, 0.29) is 5.97 Å². The highest BCUT2D eigenvalue weighted by Gasteiger charge is 2.39. The van der Waals surface area contributed by atoms with Gasteiger partial charge in [0.15, 0.2) is 0 Å². The van der Waals surface area contributed by atoms with E-state index in [1.807, 2.05) is 6.07 Å². The Bertz CT molecular complexity index is 490. The summed E-state index contributed by atoms with van der Waals surface area (Å²) in [6.45, 7) is 7.53. The average Bonchev–Trinajstić information content (AvgIpc) is 2.39. The van der Waals surface area contributed by atoms with E-state index in [9.17, 15) is 4.79 Å². The van der Waals surface area contributed by atoms with Crippen LogP contribution in [0.1, 0.15) is 50.7 Å². The summed E-state index contributed by atoms with van der Waals surface area (Å²) in [6, 6.07) is 8.34. The van der Waals surface area contributed by atoms with Crippen LogP contribution in [0.25, 0.3) is 0 Å². The van der Waals surface area contributed by atoms with Gasteiger partial charge in [0.25, 0.3) is 0 Å². The number of hydrogen-bond donors (Lipinski definition) is 0. The third-order valence-electron chi connectivity index (χ3n) is 3.83. The monoisotopic (exact) mass is 258 g/mol. The lowest BCUT2D eigenvalue weighted by atomic mass is 9.76. The van der Waals surface area contributed by atoms with Gasteiger partial charge in [0.1, 0.15) is 5.60 Å². The predicted octanol–water partition coefficient (Wildman–Crippen LogP) is 4.14. The SMILES string of the molecule is C=C(C)C(=O)OC1(CCC)CCCc2ccccc21. The fraction of sp³-hybridized carbons (Fsp3) is 0.471. The molecule has 0 aliphatic heterocycles. The first-order chi connectivity index (χ1) is 9.09. The summed E-state index contributed by atoms with van der Waals surface area (Å²) in [4.78, 5) is 12.0. The highest BCUT2D eigenvalue weighted by atomic mass is 16.6. The van der Waals surface area contributed by atoms with Gasteiger partial charge >= 0.3 is 5.97 Å². The topological polar surface area (TPSA) is 26.3 Å². The van der Waals surface area contributed by atoms with E-state index in [1.54, 1.807) is 6.92 Å². The Balaban J connectivity index is 2.40. The van der Waals surface area contributed by atoms with Crippen molar-refractivity contribution in [2.24, 2.45) is 0 Å². The van der Waals surface area contributed by atoms with Crippen molar-refractivity contribution >= 4 is 5.97 Å². The summed E-state index contributed by atoms with van der Waals surface area (Å²) in [5, 5.41) is 0. The van der Waals surface area contributed by atoms with Crippen LogP contribution in [0.3, 0.4) is 0 Å². The van der Waals surface area contributed by atoms with Gasteiger partial charge in [0.05, 0.1) is 0 Å². The summed E-state index contributed by atoms with van der Waals surface area (Å²) in [5.74, 6) is -0.273. The second-order valence-electron chi connectivity index (χ2n) is 5.42. The van der Waals surface area contributed by atoms with Gasteiger partial charge in [-0.25, -0.2) is 4.79 Å². The molecule has 1 aliphatic rings. The molecule has 1 aromatic carbocycles. The van der Waals surface area contributed by atoms with Crippen LogP contribution in [-0.2, 0) is 21.6 Å². The summed E-state index contributed by atoms with van der Waals surface area (Å²) in [5.41, 5.74) is 2.53. The summed E-state index contributed by atoms with van der Waals surface area (Å²) >= 11 is 0. The van der Waals surface area contributed by atoms with Crippen LogP contribution in [0, 0.1) is 0 Å². The lowest BCUT2D eigenvalue weighted by Gasteiger charge is -2.38. The summed E-state index contributed by atoms with van der Waals surface area (Å²) in [7, 11) is 0. The Morgan fingerprint density at radius 3 is 2.84 bits per heavy atom. The Morgan fingerprint density at radius 2 is 2.16 bits per heavy atom. The first kappa shape index (κ1) is 13.9. The van der Waals surface area contributed by atoms with Crippen LogP contribution in [0.5, 0.6) is 0 Å². The fourth-order valence-electron chi connectivity index (χ4n) is 2.97. The van der Waals surface area contributed by atoms with Crippen LogP contribution in [0.15, 0.2) is 36.4 Å². The minimum absolute atomic E-state index is 0.273. The van der Waals surface area contributed by atoms with Gasteiger partial charge in [0.2, 0.25) is 0 Å². The van der Waals surface area contributed by atoms with Crippen molar-refractivity contribution in [1.29, 1.82) is 0 Å². The molecule has 1 atom stereocenters. The van der Waals surface area contributed by atoms with Crippen LogP contribution in [0.4, 0.5) is 0 Å². The normalized spacial score (nSPS) is 21.6. The Morgan fingerprint density at radius 1 is 1.42 bits per heavy atom. The van der Waals surface area contributed by atoms with Crippen molar-refractivity contribution in [1.82, 2.24) is 0 Å². The maximum Gasteiger partial charge on any atom is 0.333 e. The smallest absolute Gasteiger partial charge is 0.333 e. The van der Waals surface area contributed by atoms with Gasteiger partial charge < -0.3 is 4.74 Å². The molecule has 1 unspecified atom stereocenters. The number of esters is 1. The van der Waals surface area contributed by atoms with Crippen molar-refractivity contribution < 1.29 is 9.53 Å². The zero-order chi connectivity index (χ0) is 13.9. The van der Waals surface area contributed by atoms with Crippen molar-refractivity contribution in [3.8, 4) is 0 Å². The lowest BCUT2D eigenvalue weighted by Crippen LogP contribution is -2.36. The number of carbonyl (C=O) groups is 1. The van der Waals surface area contributed by atoms with E-state index in [0.717, 1.165) is 32.1 Å². The molecule has 1 aromatic rings. The van der Waals surface area contributed by atoms with Gasteiger partial charge in [0, 0.05) is 5.57 Å². The number of rotatable bonds is 4. The maximum atomic E-state index is 12.0.